The van der Waals surface area contributed by atoms with E-state index in [0.29, 0.717) is 33.9 Å². The predicted octanol–water partition coefficient (Wildman–Crippen LogP) is 5.69. The van der Waals surface area contributed by atoms with Crippen LogP contribution in [0.25, 0.3) is 22.6 Å². The predicted molar refractivity (Wildman–Crippen MR) is 119 cm³/mol. The Labute approximate surface area is 181 Å². The molecular formula is C22H23Cl2N3O2. The molecule has 152 valence electrons. The standard InChI is InChI=1S/C22H22ClN3O2.ClH/c1-3-26(4-2)11-12-27-20-8-6-5-7-16(20)13-17(15-24)22-19-14-18(23)9-10-21(19)28-25-22;/h5-10,13-14H,3-4,11-12H2,1-2H3;1H/b17-13+;. The Kier molecular flexibility index (Phi) is 8.53. The third-order valence-corrected chi connectivity index (χ3v) is 4.82. The fourth-order valence-corrected chi connectivity index (χ4v) is 3.14. The zero-order valence-corrected chi connectivity index (χ0v) is 18.0. The first-order chi connectivity index (χ1) is 13.7. The molecular weight excluding hydrogens is 409 g/mol. The first kappa shape index (κ1) is 22.8. The number of benzene rings is 2. The van der Waals surface area contributed by atoms with Crippen molar-refractivity contribution < 1.29 is 9.26 Å². The molecule has 3 aromatic rings. The molecule has 5 nitrogen and oxygen atoms in total. The van der Waals surface area contributed by atoms with Crippen LogP contribution in [0.15, 0.2) is 47.0 Å². The first-order valence-corrected chi connectivity index (χ1v) is 9.65. The van der Waals surface area contributed by atoms with Gasteiger partial charge in [-0.15, -0.1) is 12.4 Å². The number of allylic oxidation sites excluding steroid dienone is 1. The molecule has 3 rings (SSSR count). The Hall–Kier alpha value is -2.52. The monoisotopic (exact) mass is 431 g/mol. The smallest absolute Gasteiger partial charge is 0.167 e. The maximum atomic E-state index is 9.71. The van der Waals surface area contributed by atoms with E-state index in [-0.39, 0.29) is 12.4 Å². The van der Waals surface area contributed by atoms with E-state index in [9.17, 15) is 5.26 Å². The van der Waals surface area contributed by atoms with Crippen LogP contribution in [0.1, 0.15) is 25.1 Å². The highest BCUT2D eigenvalue weighted by molar-refractivity contribution is 6.31. The fourth-order valence-electron chi connectivity index (χ4n) is 2.97. The Balaban J connectivity index is 0.00000300. The number of likely N-dealkylation sites (N-methyl/N-ethyl adjacent to an activating group) is 1. The van der Waals surface area contributed by atoms with Crippen LogP contribution in [0.5, 0.6) is 5.75 Å². The van der Waals surface area contributed by atoms with E-state index in [1.165, 1.54) is 0 Å². The van der Waals surface area contributed by atoms with E-state index in [1.54, 1.807) is 24.3 Å². The maximum absolute atomic E-state index is 9.71. The molecule has 1 heterocycles. The van der Waals surface area contributed by atoms with E-state index in [4.69, 9.17) is 20.9 Å². The maximum Gasteiger partial charge on any atom is 0.167 e. The summed E-state index contributed by atoms with van der Waals surface area (Å²) in [5, 5.41) is 15.1. The van der Waals surface area contributed by atoms with Gasteiger partial charge in [0.2, 0.25) is 0 Å². The average Bonchev–Trinajstić information content (AvgIpc) is 3.13. The molecule has 29 heavy (non-hydrogen) atoms. The van der Waals surface area contributed by atoms with Gasteiger partial charge in [-0.25, -0.2) is 0 Å². The summed E-state index contributed by atoms with van der Waals surface area (Å²) in [6.45, 7) is 7.67. The molecule has 0 fully saturated rings. The molecule has 0 N–H and O–H groups in total. The van der Waals surface area contributed by atoms with E-state index in [0.717, 1.165) is 30.9 Å². The second-order valence-corrected chi connectivity index (χ2v) is 6.69. The zero-order chi connectivity index (χ0) is 19.9. The van der Waals surface area contributed by atoms with Gasteiger partial charge in [0.1, 0.15) is 24.1 Å². The summed E-state index contributed by atoms with van der Waals surface area (Å²) in [5.41, 5.74) is 2.26. The molecule has 0 saturated carbocycles. The van der Waals surface area contributed by atoms with Crippen LogP contribution in [0.4, 0.5) is 0 Å². The lowest BCUT2D eigenvalue weighted by Gasteiger charge is -2.18. The van der Waals surface area contributed by atoms with Crippen molar-refractivity contribution in [1.82, 2.24) is 10.1 Å². The molecule has 0 unspecified atom stereocenters. The summed E-state index contributed by atoms with van der Waals surface area (Å²) in [4.78, 5) is 2.30. The summed E-state index contributed by atoms with van der Waals surface area (Å²) < 4.78 is 11.3. The molecule has 0 amide bonds. The van der Waals surface area contributed by atoms with E-state index in [2.05, 4.69) is 30.0 Å². The number of hydrogen-bond acceptors (Lipinski definition) is 5. The van der Waals surface area contributed by atoms with Gasteiger partial charge in [-0.3, -0.25) is 0 Å². The van der Waals surface area contributed by atoms with Gasteiger partial charge in [0.15, 0.2) is 5.58 Å². The van der Waals surface area contributed by atoms with Gasteiger partial charge in [0.25, 0.3) is 0 Å². The normalized spacial score (nSPS) is 11.3. The van der Waals surface area contributed by atoms with Crippen LogP contribution < -0.4 is 4.74 Å². The van der Waals surface area contributed by atoms with Crippen LogP contribution >= 0.6 is 24.0 Å². The molecule has 1 aromatic heterocycles. The third kappa shape index (κ3) is 5.51. The molecule has 0 bridgehead atoms. The number of fused-ring (bicyclic) bond motifs is 1. The van der Waals surface area contributed by atoms with Crippen molar-refractivity contribution >= 4 is 46.6 Å². The van der Waals surface area contributed by atoms with Crippen molar-refractivity contribution in [1.29, 1.82) is 5.26 Å². The number of aromatic nitrogens is 1. The molecule has 0 radical (unpaired) electrons. The van der Waals surface area contributed by atoms with Crippen LogP contribution in [-0.4, -0.2) is 36.3 Å². The summed E-state index contributed by atoms with van der Waals surface area (Å²) >= 11 is 6.09. The van der Waals surface area contributed by atoms with Gasteiger partial charge in [-0.05, 0) is 43.4 Å². The minimum Gasteiger partial charge on any atom is -0.492 e. The lowest BCUT2D eigenvalue weighted by molar-refractivity contribution is 0.222. The number of nitrogens with zero attached hydrogens (tertiary/aromatic N) is 3. The number of rotatable bonds is 8. The SMILES string of the molecule is CCN(CC)CCOc1ccccc1/C=C(\C#N)c1noc2ccc(Cl)cc12.Cl. The van der Waals surface area contributed by atoms with Crippen LogP contribution in [0, 0.1) is 11.3 Å². The summed E-state index contributed by atoms with van der Waals surface area (Å²) in [6.07, 6.45) is 1.77. The zero-order valence-electron chi connectivity index (χ0n) is 16.4. The molecule has 7 heteroatoms. The Morgan fingerprint density at radius 2 is 2.00 bits per heavy atom. The number of nitriles is 1. The van der Waals surface area contributed by atoms with Gasteiger partial charge in [-0.1, -0.05) is 48.8 Å². The number of para-hydroxylation sites is 1. The minimum atomic E-state index is 0. The van der Waals surface area contributed by atoms with E-state index >= 15 is 0 Å². The summed E-state index contributed by atoms with van der Waals surface area (Å²) in [5.74, 6) is 0.730. The highest BCUT2D eigenvalue weighted by Gasteiger charge is 2.14. The second-order valence-electron chi connectivity index (χ2n) is 6.25. The lowest BCUT2D eigenvalue weighted by atomic mass is 10.1. The van der Waals surface area contributed by atoms with Crippen molar-refractivity contribution in [2.45, 2.75) is 13.8 Å². The third-order valence-electron chi connectivity index (χ3n) is 4.59. The molecule has 0 atom stereocenters. The Morgan fingerprint density at radius 1 is 1.24 bits per heavy atom. The Morgan fingerprint density at radius 3 is 2.72 bits per heavy atom. The summed E-state index contributed by atoms with van der Waals surface area (Å²) in [6, 6.07) is 15.1. The van der Waals surface area contributed by atoms with Crippen molar-refractivity contribution in [2.75, 3.05) is 26.2 Å². The molecule has 0 aliphatic heterocycles. The minimum absolute atomic E-state index is 0. The van der Waals surface area contributed by atoms with Gasteiger partial charge in [0, 0.05) is 17.1 Å². The van der Waals surface area contributed by atoms with Crippen LogP contribution in [0.3, 0.4) is 0 Å². The van der Waals surface area contributed by atoms with Gasteiger partial charge in [0.05, 0.1) is 11.0 Å². The number of halogens is 2. The summed E-state index contributed by atoms with van der Waals surface area (Å²) in [7, 11) is 0. The van der Waals surface area contributed by atoms with Gasteiger partial charge in [-0.2, -0.15) is 5.26 Å². The van der Waals surface area contributed by atoms with Crippen molar-refractivity contribution in [2.24, 2.45) is 0 Å². The average molecular weight is 432 g/mol. The van der Waals surface area contributed by atoms with Crippen molar-refractivity contribution in [3.8, 4) is 11.8 Å². The van der Waals surface area contributed by atoms with Gasteiger partial charge >= 0.3 is 0 Å². The van der Waals surface area contributed by atoms with Crippen LogP contribution in [-0.2, 0) is 0 Å². The fraction of sp³-hybridized carbons (Fsp3) is 0.273. The highest BCUT2D eigenvalue weighted by Crippen LogP contribution is 2.30. The van der Waals surface area contributed by atoms with E-state index in [1.807, 2.05) is 24.3 Å². The number of ether oxygens (including phenoxy) is 1. The molecule has 0 aliphatic rings. The first-order valence-electron chi connectivity index (χ1n) is 9.27. The molecule has 2 aromatic carbocycles. The lowest BCUT2D eigenvalue weighted by Crippen LogP contribution is -2.27. The topological polar surface area (TPSA) is 62.3 Å². The van der Waals surface area contributed by atoms with Gasteiger partial charge < -0.3 is 14.2 Å². The van der Waals surface area contributed by atoms with Crippen molar-refractivity contribution in [3.05, 3.63) is 58.7 Å². The highest BCUT2D eigenvalue weighted by atomic mass is 35.5. The van der Waals surface area contributed by atoms with Crippen LogP contribution in [0.2, 0.25) is 5.02 Å². The molecule has 0 saturated heterocycles. The molecule has 0 spiro atoms. The second kappa shape index (κ2) is 10.9. The Bertz CT molecular complexity index is 1020. The van der Waals surface area contributed by atoms with E-state index < -0.39 is 0 Å². The quantitative estimate of drug-likeness (QED) is 0.428. The number of hydrogen-bond donors (Lipinski definition) is 0. The molecule has 0 aliphatic carbocycles. The largest absolute Gasteiger partial charge is 0.492 e. The van der Waals surface area contributed by atoms with Crippen molar-refractivity contribution in [3.63, 3.8) is 0 Å².